The van der Waals surface area contributed by atoms with Gasteiger partial charge in [-0.2, -0.15) is 0 Å². The van der Waals surface area contributed by atoms with E-state index < -0.39 is 0 Å². The molecule has 3 aromatic rings. The van der Waals surface area contributed by atoms with Crippen LogP contribution in [0.2, 0.25) is 5.02 Å². The number of rotatable bonds is 9. The number of carbonyl (C=O) groups excluding carboxylic acids is 2. The van der Waals surface area contributed by atoms with Gasteiger partial charge in [0.25, 0.3) is 5.91 Å². The van der Waals surface area contributed by atoms with Crippen LogP contribution in [0, 0.1) is 0 Å². The van der Waals surface area contributed by atoms with Crippen molar-refractivity contribution >= 4 is 29.4 Å². The minimum Gasteiger partial charge on any atom is -0.497 e. The molecule has 2 aliphatic rings. The second-order valence-corrected chi connectivity index (χ2v) is 10.2. The average Bonchev–Trinajstić information content (AvgIpc) is 3.27. The van der Waals surface area contributed by atoms with E-state index in [0.29, 0.717) is 48.4 Å². The molecule has 0 bridgehead atoms. The Kier molecular flexibility index (Phi) is 8.28. The zero-order valence-corrected chi connectivity index (χ0v) is 22.8. The van der Waals surface area contributed by atoms with Crippen LogP contribution in [0.5, 0.6) is 5.75 Å². The number of hydrogen-bond acceptors (Lipinski definition) is 7. The van der Waals surface area contributed by atoms with E-state index in [2.05, 4.69) is 20.6 Å². The Bertz CT molecular complexity index is 1360. The highest BCUT2D eigenvalue weighted by Gasteiger charge is 2.30. The first kappa shape index (κ1) is 26.9. The quantitative estimate of drug-likeness (QED) is 0.401. The Balaban J connectivity index is 1.27. The number of fused-ring (bicyclic) bond motifs is 1. The molecule has 0 saturated carbocycles. The van der Waals surface area contributed by atoms with E-state index in [1.165, 1.54) is 0 Å². The van der Waals surface area contributed by atoms with Gasteiger partial charge in [0, 0.05) is 36.9 Å². The van der Waals surface area contributed by atoms with Crippen LogP contribution in [0.4, 0.5) is 5.95 Å². The third kappa shape index (κ3) is 6.15. The van der Waals surface area contributed by atoms with E-state index in [9.17, 15) is 9.59 Å². The summed E-state index contributed by atoms with van der Waals surface area (Å²) in [6.45, 7) is 3.76. The summed E-state index contributed by atoms with van der Waals surface area (Å²) in [5.74, 6) is 0.820. The maximum Gasteiger partial charge on any atom is 0.254 e. The van der Waals surface area contributed by atoms with E-state index in [0.717, 1.165) is 35.3 Å². The van der Waals surface area contributed by atoms with Gasteiger partial charge in [0.05, 0.1) is 30.1 Å². The predicted octanol–water partition coefficient (Wildman–Crippen LogP) is 4.62. The van der Waals surface area contributed by atoms with Crippen molar-refractivity contribution in [2.24, 2.45) is 0 Å². The summed E-state index contributed by atoms with van der Waals surface area (Å²) in [6.07, 6.45) is 4.05. The second-order valence-electron chi connectivity index (χ2n) is 9.76. The highest BCUT2D eigenvalue weighted by Crippen LogP contribution is 2.32. The molecule has 5 rings (SSSR count). The summed E-state index contributed by atoms with van der Waals surface area (Å²) in [6, 6.07) is 13.3. The van der Waals surface area contributed by atoms with Crippen molar-refractivity contribution in [3.63, 3.8) is 0 Å². The monoisotopic (exact) mass is 549 g/mol. The third-order valence-corrected chi connectivity index (χ3v) is 7.41. The van der Waals surface area contributed by atoms with E-state index in [-0.39, 0.29) is 30.4 Å². The molecule has 1 atom stereocenters. The zero-order valence-electron chi connectivity index (χ0n) is 22.1. The van der Waals surface area contributed by atoms with Crippen LogP contribution in [-0.2, 0) is 16.1 Å². The first-order valence-corrected chi connectivity index (χ1v) is 13.6. The normalized spacial score (nSPS) is 16.1. The Morgan fingerprint density at radius 2 is 2.05 bits per heavy atom. The molecule has 0 aliphatic carbocycles. The van der Waals surface area contributed by atoms with Gasteiger partial charge < -0.3 is 25.0 Å². The van der Waals surface area contributed by atoms with Crippen LogP contribution in [0.25, 0.3) is 11.3 Å². The van der Waals surface area contributed by atoms with Crippen LogP contribution in [-0.4, -0.2) is 59.6 Å². The van der Waals surface area contributed by atoms with Crippen molar-refractivity contribution in [3.05, 3.63) is 70.4 Å². The molecule has 2 aliphatic heterocycles. The molecule has 2 N–H and O–H groups in total. The number of hydrogen-bond donors (Lipinski definition) is 2. The number of methoxy groups -OCH3 is 1. The van der Waals surface area contributed by atoms with Crippen molar-refractivity contribution in [2.45, 2.75) is 44.8 Å². The van der Waals surface area contributed by atoms with Gasteiger partial charge >= 0.3 is 0 Å². The number of nitrogens with one attached hydrogen (secondary N) is 2. The Hall–Kier alpha value is -3.69. The summed E-state index contributed by atoms with van der Waals surface area (Å²) in [7, 11) is 1.61. The SMILES string of the molecule is CCC(NC(=O)CN1Cc2ccc(-c3nc(NC4CCOCC4)ncc3Cl)cc2C1=O)c1cccc(OC)c1. The predicted molar refractivity (Wildman–Crippen MR) is 149 cm³/mol. The first-order valence-electron chi connectivity index (χ1n) is 13.2. The molecule has 0 spiro atoms. The smallest absolute Gasteiger partial charge is 0.254 e. The highest BCUT2D eigenvalue weighted by molar-refractivity contribution is 6.33. The lowest BCUT2D eigenvalue weighted by Gasteiger charge is -2.23. The molecule has 1 aromatic heterocycles. The number of anilines is 1. The Labute approximate surface area is 232 Å². The number of benzene rings is 2. The summed E-state index contributed by atoms with van der Waals surface area (Å²) < 4.78 is 10.7. The molecule has 204 valence electrons. The maximum absolute atomic E-state index is 13.3. The number of nitrogens with zero attached hydrogens (tertiary/aromatic N) is 3. The van der Waals surface area contributed by atoms with Crippen molar-refractivity contribution in [1.82, 2.24) is 20.2 Å². The van der Waals surface area contributed by atoms with Crippen LogP contribution in [0.1, 0.15) is 53.7 Å². The molecule has 1 saturated heterocycles. The molecule has 2 aromatic carbocycles. The van der Waals surface area contributed by atoms with E-state index in [1.807, 2.05) is 43.3 Å². The van der Waals surface area contributed by atoms with Crippen LogP contribution in [0.15, 0.2) is 48.7 Å². The molecule has 9 nitrogen and oxygen atoms in total. The fourth-order valence-electron chi connectivity index (χ4n) is 4.99. The fourth-order valence-corrected chi connectivity index (χ4v) is 5.19. The number of carbonyl (C=O) groups is 2. The second kappa shape index (κ2) is 12.0. The van der Waals surface area contributed by atoms with E-state index in [4.69, 9.17) is 21.1 Å². The van der Waals surface area contributed by atoms with Gasteiger partial charge in [-0.15, -0.1) is 0 Å². The zero-order chi connectivity index (χ0) is 27.4. The lowest BCUT2D eigenvalue weighted by atomic mass is 10.0. The standard InChI is InChI=1S/C29H32ClN5O4/c1-3-25(18-5-4-6-22(13-18)38-2)33-26(36)17-35-16-20-8-7-19(14-23(20)28(35)37)27-24(30)15-31-29(34-27)32-21-9-11-39-12-10-21/h4-8,13-15,21,25H,3,9-12,16-17H2,1-2H3,(H,33,36)(H,31,32,34). The van der Waals surface area contributed by atoms with Crippen molar-refractivity contribution in [2.75, 3.05) is 32.2 Å². The van der Waals surface area contributed by atoms with Gasteiger partial charge in [0.2, 0.25) is 11.9 Å². The van der Waals surface area contributed by atoms with Gasteiger partial charge in [-0.1, -0.05) is 42.8 Å². The van der Waals surface area contributed by atoms with Gasteiger partial charge in [0.15, 0.2) is 0 Å². The van der Waals surface area contributed by atoms with Crippen molar-refractivity contribution in [1.29, 1.82) is 0 Å². The minimum atomic E-state index is -0.214. The van der Waals surface area contributed by atoms with Crippen LogP contribution < -0.4 is 15.4 Å². The van der Waals surface area contributed by atoms with Crippen LogP contribution >= 0.6 is 11.6 Å². The summed E-state index contributed by atoms with van der Waals surface area (Å²) in [4.78, 5) is 36.8. The third-order valence-electron chi connectivity index (χ3n) is 7.13. The van der Waals surface area contributed by atoms with Crippen molar-refractivity contribution in [3.8, 4) is 17.0 Å². The molecule has 1 fully saturated rings. The lowest BCUT2D eigenvalue weighted by molar-refractivity contribution is -0.122. The molecule has 10 heteroatoms. The number of halogens is 1. The minimum absolute atomic E-state index is 0.0310. The lowest BCUT2D eigenvalue weighted by Crippen LogP contribution is -2.39. The molecular weight excluding hydrogens is 518 g/mol. The van der Waals surface area contributed by atoms with Gasteiger partial charge in [-0.3, -0.25) is 9.59 Å². The van der Waals surface area contributed by atoms with E-state index >= 15 is 0 Å². The topological polar surface area (TPSA) is 106 Å². The molecule has 2 amide bonds. The Morgan fingerprint density at radius 3 is 2.82 bits per heavy atom. The molecule has 1 unspecified atom stereocenters. The van der Waals surface area contributed by atoms with E-state index in [1.54, 1.807) is 24.3 Å². The van der Waals surface area contributed by atoms with Gasteiger partial charge in [0.1, 0.15) is 12.3 Å². The van der Waals surface area contributed by atoms with Gasteiger partial charge in [-0.05, 0) is 48.6 Å². The molecule has 3 heterocycles. The largest absolute Gasteiger partial charge is 0.497 e. The maximum atomic E-state index is 13.3. The number of aromatic nitrogens is 2. The fraction of sp³-hybridized carbons (Fsp3) is 0.379. The van der Waals surface area contributed by atoms with Crippen LogP contribution in [0.3, 0.4) is 0 Å². The first-order chi connectivity index (χ1) is 18.9. The summed E-state index contributed by atoms with van der Waals surface area (Å²) >= 11 is 6.46. The molecule has 0 radical (unpaired) electrons. The highest BCUT2D eigenvalue weighted by atomic mass is 35.5. The van der Waals surface area contributed by atoms with Crippen molar-refractivity contribution < 1.29 is 19.1 Å². The Morgan fingerprint density at radius 1 is 1.23 bits per heavy atom. The van der Waals surface area contributed by atoms with Gasteiger partial charge in [-0.25, -0.2) is 9.97 Å². The summed E-state index contributed by atoms with van der Waals surface area (Å²) in [5.41, 5.74) is 3.64. The average molecular weight is 550 g/mol. The molecular formula is C29H32ClN5O4. The number of amides is 2. The number of ether oxygens (including phenoxy) is 2. The molecule has 39 heavy (non-hydrogen) atoms. The summed E-state index contributed by atoms with van der Waals surface area (Å²) in [5, 5.41) is 6.81.